The second-order valence-corrected chi connectivity index (χ2v) is 3.12. The summed E-state index contributed by atoms with van der Waals surface area (Å²) < 4.78 is 24.8. The maximum absolute atomic E-state index is 12.4. The first kappa shape index (κ1) is 13.6. The Labute approximate surface area is 85.7 Å². The fourth-order valence-corrected chi connectivity index (χ4v) is 0.920. The third kappa shape index (κ3) is 4.07. The van der Waals surface area contributed by atoms with Crippen LogP contribution in [0.3, 0.4) is 0 Å². The van der Waals surface area contributed by atoms with Crippen molar-refractivity contribution in [2.24, 2.45) is 27.9 Å². The number of primary amides is 1. The Morgan fingerprint density at radius 2 is 1.87 bits per heavy atom. The average Bonchev–Trinajstić information content (AvgIpc) is 2.10. The van der Waals surface area contributed by atoms with Crippen molar-refractivity contribution in [2.45, 2.75) is 24.8 Å². The van der Waals surface area contributed by atoms with Crippen LogP contribution < -0.4 is 22.9 Å². The predicted octanol–water partition coefficient (Wildman–Crippen LogP) is -1.51. The largest absolute Gasteiger partial charge is 0.370 e. The van der Waals surface area contributed by atoms with Crippen LogP contribution in [-0.4, -0.2) is 30.4 Å². The fraction of sp³-hybridized carbons (Fsp3) is 0.714. The highest BCUT2D eigenvalue weighted by Crippen LogP contribution is 2.18. The molecule has 0 saturated heterocycles. The number of halogens is 2. The van der Waals surface area contributed by atoms with Crippen LogP contribution in [0.2, 0.25) is 0 Å². The van der Waals surface area contributed by atoms with E-state index in [0.717, 1.165) is 0 Å². The Bertz CT molecular complexity index is 254. The summed E-state index contributed by atoms with van der Waals surface area (Å²) in [6, 6.07) is 0. The van der Waals surface area contributed by atoms with E-state index in [9.17, 15) is 13.6 Å². The third-order valence-corrected chi connectivity index (χ3v) is 1.89. The van der Waals surface area contributed by atoms with Gasteiger partial charge in [0.2, 0.25) is 5.91 Å². The molecule has 0 aromatic heterocycles. The van der Waals surface area contributed by atoms with E-state index in [-0.39, 0.29) is 25.3 Å². The van der Waals surface area contributed by atoms with Crippen molar-refractivity contribution in [3.8, 4) is 0 Å². The molecular weight excluding hydrogens is 208 g/mol. The highest BCUT2D eigenvalue weighted by molar-refractivity contribution is 5.84. The van der Waals surface area contributed by atoms with Crippen molar-refractivity contribution in [3.05, 3.63) is 0 Å². The van der Waals surface area contributed by atoms with Crippen molar-refractivity contribution in [2.75, 3.05) is 6.54 Å². The molecular formula is C7H15F2N5O. The van der Waals surface area contributed by atoms with Gasteiger partial charge in [0.15, 0.2) is 11.5 Å². The Kier molecular flexibility index (Phi) is 4.92. The first-order valence-corrected chi connectivity index (χ1v) is 4.23. The lowest BCUT2D eigenvalue weighted by Gasteiger charge is -2.24. The molecule has 0 fully saturated rings. The summed E-state index contributed by atoms with van der Waals surface area (Å²) in [5.41, 5.74) is 17.7. The molecule has 6 nitrogen and oxygen atoms in total. The summed E-state index contributed by atoms with van der Waals surface area (Å²) in [7, 11) is 0. The molecule has 88 valence electrons. The van der Waals surface area contributed by atoms with Gasteiger partial charge in [-0.1, -0.05) is 0 Å². The molecule has 1 amide bonds. The number of carbonyl (C=O) groups is 1. The Morgan fingerprint density at radius 3 is 2.20 bits per heavy atom. The van der Waals surface area contributed by atoms with Crippen LogP contribution in [0.1, 0.15) is 12.8 Å². The Hall–Kier alpha value is -1.44. The summed E-state index contributed by atoms with van der Waals surface area (Å²) >= 11 is 0. The first-order chi connectivity index (χ1) is 6.80. The summed E-state index contributed by atoms with van der Waals surface area (Å²) in [6.07, 6.45) is -3.12. The number of rotatable bonds is 6. The number of hydrogen-bond donors (Lipinski definition) is 4. The Balaban J connectivity index is 4.21. The molecule has 0 aromatic rings. The van der Waals surface area contributed by atoms with Crippen molar-refractivity contribution in [1.82, 2.24) is 0 Å². The molecule has 0 heterocycles. The predicted molar refractivity (Wildman–Crippen MR) is 52.0 cm³/mol. The highest BCUT2D eigenvalue weighted by Gasteiger charge is 2.41. The molecule has 0 aliphatic carbocycles. The van der Waals surface area contributed by atoms with Gasteiger partial charge in [-0.3, -0.25) is 9.79 Å². The molecule has 0 spiro atoms. The molecule has 15 heavy (non-hydrogen) atoms. The number of nitrogens with zero attached hydrogens (tertiary/aromatic N) is 1. The molecule has 8 N–H and O–H groups in total. The second-order valence-electron chi connectivity index (χ2n) is 3.12. The van der Waals surface area contributed by atoms with Gasteiger partial charge in [-0.25, -0.2) is 8.78 Å². The van der Waals surface area contributed by atoms with Crippen LogP contribution in [0.25, 0.3) is 0 Å². The van der Waals surface area contributed by atoms with E-state index < -0.39 is 17.9 Å². The van der Waals surface area contributed by atoms with E-state index in [1.54, 1.807) is 0 Å². The highest BCUT2D eigenvalue weighted by atomic mass is 19.3. The third-order valence-electron chi connectivity index (χ3n) is 1.89. The Morgan fingerprint density at radius 1 is 1.33 bits per heavy atom. The van der Waals surface area contributed by atoms with E-state index in [4.69, 9.17) is 22.9 Å². The van der Waals surface area contributed by atoms with Crippen LogP contribution in [0.4, 0.5) is 8.78 Å². The number of aliphatic imine (C=N–C) groups is 1. The van der Waals surface area contributed by atoms with Crippen molar-refractivity contribution < 1.29 is 13.6 Å². The lowest BCUT2D eigenvalue weighted by molar-refractivity contribution is -0.129. The van der Waals surface area contributed by atoms with Crippen molar-refractivity contribution in [1.29, 1.82) is 0 Å². The van der Waals surface area contributed by atoms with Crippen molar-refractivity contribution >= 4 is 11.9 Å². The lowest BCUT2D eigenvalue weighted by Crippen LogP contribution is -2.57. The number of alkyl halides is 2. The zero-order chi connectivity index (χ0) is 12.1. The number of guanidine groups is 1. The molecule has 0 aliphatic heterocycles. The van der Waals surface area contributed by atoms with Gasteiger partial charge < -0.3 is 22.9 Å². The summed E-state index contributed by atoms with van der Waals surface area (Å²) in [5, 5.41) is 0. The van der Waals surface area contributed by atoms with E-state index in [0.29, 0.717) is 0 Å². The van der Waals surface area contributed by atoms with Gasteiger partial charge in [-0.15, -0.1) is 0 Å². The molecule has 0 aromatic carbocycles. The minimum absolute atomic E-state index is 0.126. The molecule has 0 bridgehead atoms. The van der Waals surface area contributed by atoms with Crippen LogP contribution in [0.15, 0.2) is 4.99 Å². The topological polar surface area (TPSA) is 134 Å². The summed E-state index contributed by atoms with van der Waals surface area (Å²) in [6.45, 7) is 0.126. The van der Waals surface area contributed by atoms with Gasteiger partial charge in [-0.05, 0) is 12.8 Å². The summed E-state index contributed by atoms with van der Waals surface area (Å²) in [4.78, 5) is 14.3. The van der Waals surface area contributed by atoms with Gasteiger partial charge in [-0.2, -0.15) is 0 Å². The number of amides is 1. The molecule has 1 atom stereocenters. The molecule has 8 heteroatoms. The zero-order valence-corrected chi connectivity index (χ0v) is 8.12. The minimum atomic E-state index is -3.01. The molecule has 0 radical (unpaired) electrons. The smallest absolute Gasteiger partial charge is 0.265 e. The van der Waals surface area contributed by atoms with Gasteiger partial charge in [0, 0.05) is 6.54 Å². The maximum atomic E-state index is 12.4. The molecule has 0 aliphatic rings. The molecule has 0 rings (SSSR count). The minimum Gasteiger partial charge on any atom is -0.370 e. The van der Waals surface area contributed by atoms with E-state index >= 15 is 0 Å². The quantitative estimate of drug-likeness (QED) is 0.247. The van der Waals surface area contributed by atoms with Crippen molar-refractivity contribution in [3.63, 3.8) is 0 Å². The van der Waals surface area contributed by atoms with Crippen LogP contribution >= 0.6 is 0 Å². The first-order valence-electron chi connectivity index (χ1n) is 4.23. The fourth-order valence-electron chi connectivity index (χ4n) is 0.920. The summed E-state index contributed by atoms with van der Waals surface area (Å²) in [5.74, 6) is -1.38. The van der Waals surface area contributed by atoms with Gasteiger partial charge in [0.05, 0.1) is 0 Å². The SMILES string of the molecule is NC(=O)C(N)(CCCN=C(N)N)C(F)F. The molecule has 1 unspecified atom stereocenters. The van der Waals surface area contributed by atoms with E-state index in [2.05, 4.69) is 4.99 Å². The molecule has 0 saturated carbocycles. The standard InChI is InChI=1S/C7H15F2N5O/c8-4(9)7(13,5(10)15)2-1-3-14-6(11)12/h4H,1-3,13H2,(H2,10,15)(H4,11,12,14). The number of nitrogens with two attached hydrogens (primary N) is 4. The van der Waals surface area contributed by atoms with Gasteiger partial charge in [0.1, 0.15) is 0 Å². The monoisotopic (exact) mass is 223 g/mol. The zero-order valence-electron chi connectivity index (χ0n) is 8.12. The number of hydrogen-bond acceptors (Lipinski definition) is 3. The van der Waals surface area contributed by atoms with E-state index in [1.165, 1.54) is 0 Å². The van der Waals surface area contributed by atoms with Crippen LogP contribution in [0.5, 0.6) is 0 Å². The average molecular weight is 223 g/mol. The lowest BCUT2D eigenvalue weighted by atomic mass is 9.94. The van der Waals surface area contributed by atoms with Crippen LogP contribution in [0, 0.1) is 0 Å². The van der Waals surface area contributed by atoms with E-state index in [1.807, 2.05) is 0 Å². The van der Waals surface area contributed by atoms with Gasteiger partial charge in [0.25, 0.3) is 6.43 Å². The number of carbonyl (C=O) groups excluding carboxylic acids is 1. The van der Waals surface area contributed by atoms with Gasteiger partial charge >= 0.3 is 0 Å². The second kappa shape index (κ2) is 5.44. The van der Waals surface area contributed by atoms with Crippen LogP contribution in [-0.2, 0) is 4.79 Å². The maximum Gasteiger partial charge on any atom is 0.265 e. The normalized spacial score (nSPS) is 14.7.